The van der Waals surface area contributed by atoms with Gasteiger partial charge >= 0.3 is 0 Å². The van der Waals surface area contributed by atoms with Crippen molar-refractivity contribution in [3.8, 4) is 0 Å². The number of nitrogens with one attached hydrogen (secondary N) is 1. The van der Waals surface area contributed by atoms with E-state index in [1.165, 1.54) is 5.56 Å². The van der Waals surface area contributed by atoms with Crippen molar-refractivity contribution >= 4 is 27.4 Å². The summed E-state index contributed by atoms with van der Waals surface area (Å²) in [6, 6.07) is 0.0410. The minimum Gasteiger partial charge on any atom is -0.394 e. The number of aryl methyl sites for hydroxylation is 1. The van der Waals surface area contributed by atoms with Gasteiger partial charge in [0.1, 0.15) is 16.5 Å². The van der Waals surface area contributed by atoms with E-state index >= 15 is 0 Å². The Kier molecular flexibility index (Phi) is 4.94. The number of thiophene rings is 1. The quantitative estimate of drug-likeness (QED) is 0.857. The number of hydrogen-bond acceptors (Lipinski definition) is 5. The van der Waals surface area contributed by atoms with E-state index < -0.39 is 0 Å². The molecule has 2 aromatic rings. The highest BCUT2D eigenvalue weighted by Crippen LogP contribution is 2.32. The van der Waals surface area contributed by atoms with Crippen molar-refractivity contribution < 1.29 is 5.11 Å². The molecular weight excluding hydrogens is 270 g/mol. The molecule has 4 nitrogen and oxygen atoms in total. The molecule has 2 rings (SSSR count). The Balaban J connectivity index is 2.47. The number of hydrogen-bond donors (Lipinski definition) is 2. The molecule has 2 aromatic heterocycles. The van der Waals surface area contributed by atoms with E-state index in [1.807, 2.05) is 6.92 Å². The number of anilines is 1. The minimum atomic E-state index is 0.0410. The highest BCUT2D eigenvalue weighted by atomic mass is 32.1. The maximum absolute atomic E-state index is 9.39. The molecule has 0 radical (unpaired) electrons. The van der Waals surface area contributed by atoms with Crippen LogP contribution in [0.15, 0.2) is 5.38 Å². The Hall–Kier alpha value is -1.20. The van der Waals surface area contributed by atoms with Gasteiger partial charge in [-0.3, -0.25) is 0 Å². The molecule has 2 N–H and O–H groups in total. The molecule has 110 valence electrons. The number of nitrogens with zero attached hydrogens (tertiary/aromatic N) is 2. The van der Waals surface area contributed by atoms with Crippen LogP contribution in [-0.4, -0.2) is 27.7 Å². The van der Waals surface area contributed by atoms with Crippen LogP contribution in [0.3, 0.4) is 0 Å². The van der Waals surface area contributed by atoms with Crippen LogP contribution in [0, 0.1) is 12.8 Å². The van der Waals surface area contributed by atoms with E-state index in [-0.39, 0.29) is 12.6 Å². The van der Waals surface area contributed by atoms with Crippen molar-refractivity contribution in [2.45, 2.75) is 46.6 Å². The lowest BCUT2D eigenvalue weighted by atomic mass is 10.0. The van der Waals surface area contributed by atoms with Crippen molar-refractivity contribution in [2.24, 2.45) is 5.92 Å². The van der Waals surface area contributed by atoms with Gasteiger partial charge in [0.15, 0.2) is 0 Å². The van der Waals surface area contributed by atoms with Gasteiger partial charge in [-0.2, -0.15) is 0 Å². The van der Waals surface area contributed by atoms with Crippen molar-refractivity contribution in [2.75, 3.05) is 11.9 Å². The minimum absolute atomic E-state index is 0.0410. The third kappa shape index (κ3) is 3.27. The second kappa shape index (κ2) is 6.50. The van der Waals surface area contributed by atoms with Gasteiger partial charge in [0, 0.05) is 0 Å². The molecule has 0 amide bonds. The van der Waals surface area contributed by atoms with Crippen LogP contribution in [0.1, 0.15) is 38.6 Å². The lowest BCUT2D eigenvalue weighted by Gasteiger charge is -2.16. The van der Waals surface area contributed by atoms with E-state index in [9.17, 15) is 5.11 Å². The first-order chi connectivity index (χ1) is 9.55. The summed E-state index contributed by atoms with van der Waals surface area (Å²) in [6.45, 7) is 8.52. The third-order valence-electron chi connectivity index (χ3n) is 3.30. The molecule has 0 saturated heterocycles. The summed E-state index contributed by atoms with van der Waals surface area (Å²) in [4.78, 5) is 10.1. The number of fused-ring (bicyclic) bond motifs is 1. The van der Waals surface area contributed by atoms with Crippen LogP contribution in [0.25, 0.3) is 10.2 Å². The standard InChI is InChI=1S/C15H23N3OS/c1-5-12(7-19)18-14-13-11(6-9(2)3)8-20-15(13)17-10(4)16-14/h8-9,12,19H,5-7H2,1-4H3,(H,16,17,18)/t12-/m1/s1. The van der Waals surface area contributed by atoms with Crippen LogP contribution >= 0.6 is 11.3 Å². The molecule has 0 fully saturated rings. The number of rotatable bonds is 6. The smallest absolute Gasteiger partial charge is 0.139 e. The summed E-state index contributed by atoms with van der Waals surface area (Å²) in [5, 5.41) is 16.1. The van der Waals surface area contributed by atoms with E-state index in [0.29, 0.717) is 5.92 Å². The largest absolute Gasteiger partial charge is 0.394 e. The fraction of sp³-hybridized carbons (Fsp3) is 0.600. The SMILES string of the molecule is CC[C@H](CO)Nc1nc(C)nc2scc(CC(C)C)c12. The number of aliphatic hydroxyl groups is 1. The van der Waals surface area contributed by atoms with Gasteiger partial charge in [0.25, 0.3) is 0 Å². The Labute approximate surface area is 124 Å². The summed E-state index contributed by atoms with van der Waals surface area (Å²) in [5.74, 6) is 2.23. The zero-order valence-electron chi connectivity index (χ0n) is 12.6. The fourth-order valence-electron chi connectivity index (χ4n) is 2.27. The van der Waals surface area contributed by atoms with Gasteiger partial charge < -0.3 is 10.4 Å². The molecule has 0 saturated carbocycles. The van der Waals surface area contributed by atoms with Crippen LogP contribution in [0.2, 0.25) is 0 Å². The second-order valence-electron chi connectivity index (χ2n) is 5.59. The molecule has 5 heteroatoms. The van der Waals surface area contributed by atoms with Gasteiger partial charge in [0.05, 0.1) is 18.0 Å². The van der Waals surface area contributed by atoms with Gasteiger partial charge in [-0.1, -0.05) is 20.8 Å². The maximum atomic E-state index is 9.39. The Morgan fingerprint density at radius 2 is 2.10 bits per heavy atom. The van der Waals surface area contributed by atoms with E-state index in [1.54, 1.807) is 11.3 Å². The molecule has 20 heavy (non-hydrogen) atoms. The Bertz CT molecular complexity index is 576. The van der Waals surface area contributed by atoms with Gasteiger partial charge in [-0.05, 0) is 36.6 Å². The van der Waals surface area contributed by atoms with Crippen LogP contribution < -0.4 is 5.32 Å². The molecular formula is C15H23N3OS. The highest BCUT2D eigenvalue weighted by Gasteiger charge is 2.15. The zero-order chi connectivity index (χ0) is 14.7. The first kappa shape index (κ1) is 15.2. The first-order valence-corrected chi connectivity index (χ1v) is 8.05. The normalized spacial score (nSPS) is 13.1. The van der Waals surface area contributed by atoms with Crippen molar-refractivity contribution in [3.05, 3.63) is 16.8 Å². The Morgan fingerprint density at radius 1 is 1.35 bits per heavy atom. The molecule has 0 aliphatic heterocycles. The second-order valence-corrected chi connectivity index (χ2v) is 6.45. The third-order valence-corrected chi connectivity index (χ3v) is 4.22. The predicted octanol–water partition coefficient (Wildman–Crippen LogP) is 3.38. The number of aromatic nitrogens is 2. The van der Waals surface area contributed by atoms with Gasteiger partial charge in [-0.25, -0.2) is 9.97 Å². The van der Waals surface area contributed by atoms with Crippen molar-refractivity contribution in [3.63, 3.8) is 0 Å². The highest BCUT2D eigenvalue weighted by molar-refractivity contribution is 7.17. The lowest BCUT2D eigenvalue weighted by Crippen LogP contribution is -2.23. The first-order valence-electron chi connectivity index (χ1n) is 7.17. The monoisotopic (exact) mass is 293 g/mol. The molecule has 0 aliphatic carbocycles. The van der Waals surface area contributed by atoms with Gasteiger partial charge in [-0.15, -0.1) is 11.3 Å². The molecule has 0 spiro atoms. The molecule has 2 heterocycles. The molecule has 0 unspecified atom stereocenters. The Morgan fingerprint density at radius 3 is 2.70 bits per heavy atom. The van der Waals surface area contributed by atoms with Crippen LogP contribution in [0.5, 0.6) is 0 Å². The van der Waals surface area contributed by atoms with Crippen molar-refractivity contribution in [1.82, 2.24) is 9.97 Å². The summed E-state index contributed by atoms with van der Waals surface area (Å²) in [5.41, 5.74) is 1.30. The summed E-state index contributed by atoms with van der Waals surface area (Å²) < 4.78 is 0. The van der Waals surface area contributed by atoms with E-state index in [4.69, 9.17) is 0 Å². The van der Waals surface area contributed by atoms with Crippen LogP contribution in [-0.2, 0) is 6.42 Å². The summed E-state index contributed by atoms with van der Waals surface area (Å²) in [7, 11) is 0. The molecule has 1 atom stereocenters. The average Bonchev–Trinajstić information content (AvgIpc) is 2.77. The molecule has 0 aromatic carbocycles. The van der Waals surface area contributed by atoms with Crippen molar-refractivity contribution in [1.29, 1.82) is 0 Å². The van der Waals surface area contributed by atoms with E-state index in [0.717, 1.165) is 34.7 Å². The van der Waals surface area contributed by atoms with Gasteiger partial charge in [0.2, 0.25) is 0 Å². The zero-order valence-corrected chi connectivity index (χ0v) is 13.4. The van der Waals surface area contributed by atoms with Crippen LogP contribution in [0.4, 0.5) is 5.82 Å². The van der Waals surface area contributed by atoms with E-state index in [2.05, 4.69) is 41.4 Å². The molecule has 0 aliphatic rings. The number of aliphatic hydroxyl groups excluding tert-OH is 1. The lowest BCUT2D eigenvalue weighted by molar-refractivity contribution is 0.271. The topological polar surface area (TPSA) is 58.0 Å². The molecule has 0 bridgehead atoms. The fourth-order valence-corrected chi connectivity index (χ4v) is 3.27. The average molecular weight is 293 g/mol. The summed E-state index contributed by atoms with van der Waals surface area (Å²) >= 11 is 1.67. The predicted molar refractivity (Wildman–Crippen MR) is 85.5 cm³/mol. The summed E-state index contributed by atoms with van der Waals surface area (Å²) in [6.07, 6.45) is 1.89. The maximum Gasteiger partial charge on any atom is 0.139 e.